The van der Waals surface area contributed by atoms with Crippen LogP contribution in [0.5, 0.6) is 11.6 Å². The van der Waals surface area contributed by atoms with Crippen molar-refractivity contribution in [1.82, 2.24) is 24.3 Å². The minimum Gasteiger partial charge on any atom is -0.490 e. The average Bonchev–Trinajstić information content (AvgIpc) is 3.56. The molecule has 7 atom stereocenters. The van der Waals surface area contributed by atoms with Crippen molar-refractivity contribution in [3.63, 3.8) is 0 Å². The highest BCUT2D eigenvalue weighted by atomic mass is 35.5. The van der Waals surface area contributed by atoms with Crippen LogP contribution >= 0.6 is 11.6 Å². The molecule has 2 aliphatic carbocycles. The zero-order valence-corrected chi connectivity index (χ0v) is 37.9. The average molecular weight is 891 g/mol. The lowest BCUT2D eigenvalue weighted by molar-refractivity contribution is -0.108. The Balaban J connectivity index is 1.12. The number of aromatic nitrogens is 2. The van der Waals surface area contributed by atoms with E-state index in [1.54, 1.807) is 13.1 Å². The van der Waals surface area contributed by atoms with Gasteiger partial charge in [-0.2, -0.15) is 0 Å². The van der Waals surface area contributed by atoms with Crippen LogP contribution in [-0.2, 0) is 38.3 Å². The van der Waals surface area contributed by atoms with Crippen LogP contribution in [-0.4, -0.2) is 133 Å². The van der Waals surface area contributed by atoms with Gasteiger partial charge in [-0.25, -0.2) is 4.21 Å². The standard InChI is InChI=1S/C46H60ClN7O7S/c1-31-7-5-16-46(59-4,29-52-17-18-53-19-20-60-26-36(53)24-52)39-12-9-34(39)23-54-28-45(15-6-8-32-21-35(47)11-13-38(32)45)30-61-41-14-10-33(22-40(41)54)42(55)49-62(57,27-31)50-43(56)37-25-51(2)48-44(37)58-3/h5,10-11,13-14,16,21-22,25,31,34,36,39H,6-9,12,15,17-20,23-24,26-30H2,1-4H3,(H,49,50,55,56,57)/b16-5+/t31-,34-,36-,39+,45-,46-,62?/m0/s1. The SMILES string of the molecule is COc1nn(C)cc1C(=O)NS1(=O)=NC(=O)c2ccc3c(c2)N(C[C@@H]2CC[C@H]2[C@](CN2CCN4CCOC[C@@H]4C2)(OC)/C=C/C[C@H](C)C1)C[C@@]1(CCCc2cc(Cl)ccc21)CO3. The first-order valence-corrected chi connectivity index (χ1v) is 24.2. The number of carbonyl (C=O) groups is 2. The molecule has 1 aromatic heterocycles. The Morgan fingerprint density at radius 3 is 2.79 bits per heavy atom. The molecule has 1 spiro atoms. The number of amides is 2. The van der Waals surface area contributed by atoms with Gasteiger partial charge in [-0.3, -0.25) is 28.8 Å². The predicted molar refractivity (Wildman–Crippen MR) is 239 cm³/mol. The van der Waals surface area contributed by atoms with Gasteiger partial charge >= 0.3 is 0 Å². The minimum atomic E-state index is -3.67. The number of allylic oxidation sites excluding steroid dienone is 1. The zero-order valence-electron chi connectivity index (χ0n) is 36.4. The molecule has 2 saturated heterocycles. The van der Waals surface area contributed by atoms with E-state index in [9.17, 15) is 13.8 Å². The van der Waals surface area contributed by atoms with Gasteiger partial charge in [0.1, 0.15) is 26.8 Å². The van der Waals surface area contributed by atoms with Crippen LogP contribution in [0.2, 0.25) is 5.02 Å². The topological polar surface area (TPSA) is 140 Å². The summed E-state index contributed by atoms with van der Waals surface area (Å²) >= 11 is 6.56. The van der Waals surface area contributed by atoms with Crippen molar-refractivity contribution in [2.24, 2.45) is 29.2 Å². The van der Waals surface area contributed by atoms with Gasteiger partial charge in [0.05, 0.1) is 38.4 Å². The molecule has 1 unspecified atom stereocenters. The van der Waals surface area contributed by atoms with Crippen molar-refractivity contribution in [2.45, 2.75) is 62.5 Å². The molecule has 2 aromatic carbocycles. The van der Waals surface area contributed by atoms with E-state index in [-0.39, 0.29) is 40.0 Å². The summed E-state index contributed by atoms with van der Waals surface area (Å²) in [5.74, 6) is -0.368. The lowest BCUT2D eigenvalue weighted by Gasteiger charge is -2.53. The number of hydrogen-bond acceptors (Lipinski definition) is 11. The van der Waals surface area contributed by atoms with Crippen LogP contribution in [0.15, 0.2) is 59.1 Å². The summed E-state index contributed by atoms with van der Waals surface area (Å²) in [4.78, 5) is 35.6. The second kappa shape index (κ2) is 17.5. The summed E-state index contributed by atoms with van der Waals surface area (Å²) in [5, 5.41) is 4.94. The summed E-state index contributed by atoms with van der Waals surface area (Å²) in [6, 6.07) is 12.0. The van der Waals surface area contributed by atoms with E-state index in [2.05, 4.69) is 53.2 Å². The monoisotopic (exact) mass is 889 g/mol. The predicted octanol–water partition coefficient (Wildman–Crippen LogP) is 5.53. The number of aryl methyl sites for hydroxylation is 2. The Kier molecular flexibility index (Phi) is 12.2. The number of fused-ring (bicyclic) bond motifs is 5. The molecule has 62 heavy (non-hydrogen) atoms. The number of rotatable bonds is 6. The van der Waals surface area contributed by atoms with E-state index in [1.165, 1.54) is 29.1 Å². The van der Waals surface area contributed by atoms with Gasteiger partial charge in [0, 0.05) is 88.2 Å². The summed E-state index contributed by atoms with van der Waals surface area (Å²) in [6.45, 7) is 9.96. The third-order valence-corrected chi connectivity index (χ3v) is 16.5. The molecule has 334 valence electrons. The Hall–Kier alpha value is -3.99. The number of morpholine rings is 1. The van der Waals surface area contributed by atoms with Crippen LogP contribution in [0.4, 0.5) is 5.69 Å². The van der Waals surface area contributed by atoms with Crippen molar-refractivity contribution in [3.8, 4) is 11.6 Å². The summed E-state index contributed by atoms with van der Waals surface area (Å²) in [5.41, 5.74) is 2.78. The van der Waals surface area contributed by atoms with Crippen molar-refractivity contribution in [3.05, 3.63) is 82.0 Å². The first-order chi connectivity index (χ1) is 29.9. The van der Waals surface area contributed by atoms with Crippen LogP contribution in [0.25, 0.3) is 0 Å². The number of hydrogen-bond donors (Lipinski definition) is 1. The van der Waals surface area contributed by atoms with Gasteiger partial charge in [-0.15, -0.1) is 9.46 Å². The van der Waals surface area contributed by atoms with Gasteiger partial charge in [0.25, 0.3) is 11.8 Å². The van der Waals surface area contributed by atoms with Gasteiger partial charge in [0.2, 0.25) is 5.88 Å². The van der Waals surface area contributed by atoms with Gasteiger partial charge in [0.15, 0.2) is 0 Å². The lowest BCUT2D eigenvalue weighted by atomic mass is 9.63. The summed E-state index contributed by atoms with van der Waals surface area (Å²) < 4.78 is 48.3. The highest BCUT2D eigenvalue weighted by Crippen LogP contribution is 2.49. The molecule has 0 radical (unpaired) electrons. The lowest BCUT2D eigenvalue weighted by Crippen LogP contribution is -2.62. The maximum Gasteiger partial charge on any atom is 0.286 e. The van der Waals surface area contributed by atoms with E-state index in [4.69, 9.17) is 30.5 Å². The van der Waals surface area contributed by atoms with Crippen molar-refractivity contribution >= 4 is 39.0 Å². The molecule has 3 fully saturated rings. The van der Waals surface area contributed by atoms with Gasteiger partial charge in [-0.05, 0) is 97.7 Å². The number of nitrogens with zero attached hydrogens (tertiary/aromatic N) is 6. The quantitative estimate of drug-likeness (QED) is 0.313. The number of piperazine rings is 1. The highest BCUT2D eigenvalue weighted by Gasteiger charge is 2.50. The molecule has 16 heteroatoms. The van der Waals surface area contributed by atoms with Gasteiger partial charge in [-0.1, -0.05) is 36.7 Å². The van der Waals surface area contributed by atoms with Crippen molar-refractivity contribution in [1.29, 1.82) is 0 Å². The number of benzene rings is 2. The summed E-state index contributed by atoms with van der Waals surface area (Å²) in [6.07, 6.45) is 11.4. The van der Waals surface area contributed by atoms with Crippen LogP contribution < -0.4 is 19.1 Å². The maximum atomic E-state index is 15.0. The van der Waals surface area contributed by atoms with Crippen molar-refractivity contribution in [2.75, 3.05) is 90.5 Å². The zero-order chi connectivity index (χ0) is 43.2. The molecule has 14 nitrogen and oxygen atoms in total. The molecule has 2 amide bonds. The fourth-order valence-corrected chi connectivity index (χ4v) is 13.1. The van der Waals surface area contributed by atoms with Crippen LogP contribution in [0.3, 0.4) is 0 Å². The Bertz CT molecular complexity index is 2350. The number of halogens is 1. The molecular weight excluding hydrogens is 830 g/mol. The Morgan fingerprint density at radius 1 is 1.11 bits per heavy atom. The molecule has 5 heterocycles. The minimum absolute atomic E-state index is 0.0564. The number of methoxy groups -OCH3 is 2. The second-order valence-electron chi connectivity index (χ2n) is 18.5. The fourth-order valence-electron chi connectivity index (χ4n) is 11.1. The molecule has 9 rings (SSSR count). The van der Waals surface area contributed by atoms with E-state index in [0.29, 0.717) is 37.3 Å². The van der Waals surface area contributed by atoms with Gasteiger partial charge < -0.3 is 23.8 Å². The van der Waals surface area contributed by atoms with E-state index >= 15 is 0 Å². The molecule has 3 aromatic rings. The molecule has 4 aliphatic heterocycles. The first kappa shape index (κ1) is 43.3. The molecule has 2 bridgehead atoms. The highest BCUT2D eigenvalue weighted by molar-refractivity contribution is 7.92. The Morgan fingerprint density at radius 2 is 1.98 bits per heavy atom. The third-order valence-electron chi connectivity index (χ3n) is 14.3. The Labute approximate surface area is 370 Å². The molecule has 6 aliphatic rings. The third kappa shape index (κ3) is 8.52. The number of carbonyl (C=O) groups excluding carboxylic acids is 2. The normalized spacial score (nSPS) is 32.2. The van der Waals surface area contributed by atoms with E-state index in [1.807, 2.05) is 32.2 Å². The van der Waals surface area contributed by atoms with Crippen LogP contribution in [0, 0.1) is 17.8 Å². The van der Waals surface area contributed by atoms with E-state index < -0.39 is 27.3 Å². The number of anilines is 1. The molecule has 1 N–H and O–H groups in total. The largest absolute Gasteiger partial charge is 0.490 e. The van der Waals surface area contributed by atoms with Crippen LogP contribution in [0.1, 0.15) is 70.9 Å². The van der Waals surface area contributed by atoms with E-state index in [0.717, 1.165) is 95.3 Å². The fraction of sp³-hybridized carbons (Fsp3) is 0.587. The molecular formula is C46H60ClN7O7S. The number of nitrogens with one attached hydrogen (secondary N) is 1. The first-order valence-electron chi connectivity index (χ1n) is 22.2. The second-order valence-corrected chi connectivity index (χ2v) is 20.9. The maximum absolute atomic E-state index is 15.0. The molecule has 1 saturated carbocycles. The number of ether oxygens (including phenoxy) is 4. The van der Waals surface area contributed by atoms with Crippen molar-refractivity contribution < 1.29 is 32.7 Å². The summed E-state index contributed by atoms with van der Waals surface area (Å²) in [7, 11) is 1.26. The smallest absolute Gasteiger partial charge is 0.286 e.